The van der Waals surface area contributed by atoms with E-state index in [1.165, 1.54) is 38.9 Å². The molecule has 0 aromatic carbocycles. The van der Waals surface area contributed by atoms with Crippen molar-refractivity contribution in [2.24, 2.45) is 22.2 Å². The zero-order valence-corrected chi connectivity index (χ0v) is 10.8. The third kappa shape index (κ3) is 1.32. The minimum atomic E-state index is 0.633. The fourth-order valence-corrected chi connectivity index (χ4v) is 5.54. The Kier molecular flexibility index (Phi) is 1.77. The zero-order valence-electron chi connectivity index (χ0n) is 10.8. The quantitative estimate of drug-likeness (QED) is 0.638. The van der Waals surface area contributed by atoms with Crippen LogP contribution in [0, 0.1) is 22.2 Å². The first kappa shape index (κ1) is 10.1. The Labute approximate surface area is 94.2 Å². The molecule has 3 saturated heterocycles. The molecule has 4 fully saturated rings. The highest BCUT2D eigenvalue weighted by atomic mass is 15.2. The van der Waals surface area contributed by atoms with Crippen LogP contribution in [0.3, 0.4) is 0 Å². The highest BCUT2D eigenvalue weighted by Crippen LogP contribution is 2.63. The number of hydrogen-bond donors (Lipinski definition) is 0. The van der Waals surface area contributed by atoms with E-state index in [-0.39, 0.29) is 0 Å². The molecular formula is C14H25N. The van der Waals surface area contributed by atoms with E-state index in [2.05, 4.69) is 32.6 Å². The van der Waals surface area contributed by atoms with Gasteiger partial charge in [-0.1, -0.05) is 27.7 Å². The van der Waals surface area contributed by atoms with E-state index >= 15 is 0 Å². The van der Waals surface area contributed by atoms with Crippen LogP contribution in [0.25, 0.3) is 0 Å². The van der Waals surface area contributed by atoms with Gasteiger partial charge in [0.15, 0.2) is 0 Å². The van der Waals surface area contributed by atoms with Crippen molar-refractivity contribution in [3.63, 3.8) is 0 Å². The minimum Gasteiger partial charge on any atom is -0.302 e. The maximum atomic E-state index is 2.76. The Morgan fingerprint density at radius 2 is 1.40 bits per heavy atom. The average molecular weight is 207 g/mol. The average Bonchev–Trinajstić information content (AvgIpc) is 1.95. The van der Waals surface area contributed by atoms with Crippen LogP contribution in [0.2, 0.25) is 0 Å². The molecule has 86 valence electrons. The largest absolute Gasteiger partial charge is 0.302 e. The van der Waals surface area contributed by atoms with E-state index < -0.39 is 0 Å². The van der Waals surface area contributed by atoms with Crippen molar-refractivity contribution in [2.75, 3.05) is 19.6 Å². The van der Waals surface area contributed by atoms with Gasteiger partial charge in [-0.15, -0.1) is 0 Å². The van der Waals surface area contributed by atoms with Gasteiger partial charge in [-0.2, -0.15) is 0 Å². The van der Waals surface area contributed by atoms with Crippen LogP contribution in [0.1, 0.15) is 47.0 Å². The number of rotatable bonds is 1. The predicted molar refractivity (Wildman–Crippen MR) is 63.8 cm³/mol. The van der Waals surface area contributed by atoms with E-state index in [0.717, 1.165) is 5.92 Å². The third-order valence-corrected chi connectivity index (χ3v) is 5.39. The van der Waals surface area contributed by atoms with Gasteiger partial charge in [-0.25, -0.2) is 0 Å². The number of hydrogen-bond acceptors (Lipinski definition) is 1. The van der Waals surface area contributed by atoms with Crippen molar-refractivity contribution < 1.29 is 0 Å². The van der Waals surface area contributed by atoms with Crippen LogP contribution in [0.5, 0.6) is 0 Å². The summed E-state index contributed by atoms with van der Waals surface area (Å²) in [7, 11) is 0. The van der Waals surface area contributed by atoms with Crippen LogP contribution in [-0.4, -0.2) is 24.5 Å². The smallest absolute Gasteiger partial charge is 0.00413 e. The van der Waals surface area contributed by atoms with Gasteiger partial charge in [0, 0.05) is 19.6 Å². The van der Waals surface area contributed by atoms with Gasteiger partial charge in [0.1, 0.15) is 0 Å². The molecule has 0 radical (unpaired) electrons. The van der Waals surface area contributed by atoms with Crippen LogP contribution in [0.4, 0.5) is 0 Å². The molecule has 0 aromatic rings. The van der Waals surface area contributed by atoms with E-state index in [0.29, 0.717) is 16.2 Å². The zero-order chi connectivity index (χ0) is 10.9. The highest BCUT2D eigenvalue weighted by Gasteiger charge is 2.60. The normalized spacial score (nSPS) is 57.8. The lowest BCUT2D eigenvalue weighted by atomic mass is 9.46. The molecule has 0 N–H and O–H groups in total. The number of nitrogens with zero attached hydrogens (tertiary/aromatic N) is 1. The molecule has 4 bridgehead atoms. The Hall–Kier alpha value is -0.0400. The van der Waals surface area contributed by atoms with E-state index in [1.54, 1.807) is 0 Å². The highest BCUT2D eigenvalue weighted by molar-refractivity contribution is 5.11. The molecular weight excluding hydrogens is 182 g/mol. The van der Waals surface area contributed by atoms with Gasteiger partial charge >= 0.3 is 0 Å². The fourth-order valence-electron chi connectivity index (χ4n) is 5.54. The third-order valence-electron chi connectivity index (χ3n) is 5.39. The molecule has 2 atom stereocenters. The van der Waals surface area contributed by atoms with E-state index in [1.807, 2.05) is 0 Å². The van der Waals surface area contributed by atoms with Crippen LogP contribution in [-0.2, 0) is 0 Å². The summed E-state index contributed by atoms with van der Waals surface area (Å²) in [6, 6.07) is 0. The standard InChI is InChI=1S/C14H25N/c1-11(2)14-6-12(3)5-13(4,7-14)9-15(8-12)10-14/h11H,5-10H2,1-4H3. The fraction of sp³-hybridized carbons (Fsp3) is 1.00. The summed E-state index contributed by atoms with van der Waals surface area (Å²) < 4.78 is 0. The lowest BCUT2D eigenvalue weighted by Gasteiger charge is -2.67. The SMILES string of the molecule is CC(C)C12CN3CC(C)(CC(C)(C3)C1)C2. The Morgan fingerprint density at radius 3 is 1.80 bits per heavy atom. The second-order valence-electron chi connectivity index (χ2n) is 7.81. The minimum absolute atomic E-state index is 0.633. The molecule has 0 spiro atoms. The van der Waals surface area contributed by atoms with Gasteiger partial charge in [-0.3, -0.25) is 0 Å². The first-order valence-corrected chi connectivity index (χ1v) is 6.57. The van der Waals surface area contributed by atoms with Crippen molar-refractivity contribution in [1.82, 2.24) is 4.90 Å². The Bertz CT molecular complexity index is 276. The molecule has 1 nitrogen and oxygen atoms in total. The summed E-state index contributed by atoms with van der Waals surface area (Å²) in [5, 5.41) is 0. The first-order valence-electron chi connectivity index (χ1n) is 6.57. The van der Waals surface area contributed by atoms with Crippen molar-refractivity contribution in [3.05, 3.63) is 0 Å². The molecule has 0 amide bonds. The first-order chi connectivity index (χ1) is 6.85. The molecule has 1 saturated carbocycles. The monoisotopic (exact) mass is 207 g/mol. The lowest BCUT2D eigenvalue weighted by molar-refractivity contribution is -0.178. The summed E-state index contributed by atoms with van der Waals surface area (Å²) in [4.78, 5) is 2.76. The van der Waals surface area contributed by atoms with Gasteiger partial charge in [0.2, 0.25) is 0 Å². The molecule has 2 unspecified atom stereocenters. The topological polar surface area (TPSA) is 3.24 Å². The van der Waals surface area contributed by atoms with E-state index in [4.69, 9.17) is 0 Å². The predicted octanol–water partition coefficient (Wildman–Crippen LogP) is 3.15. The molecule has 3 heterocycles. The molecule has 0 aromatic heterocycles. The maximum absolute atomic E-state index is 2.76. The maximum Gasteiger partial charge on any atom is 0.00413 e. The molecule has 15 heavy (non-hydrogen) atoms. The van der Waals surface area contributed by atoms with Gasteiger partial charge < -0.3 is 4.90 Å². The summed E-state index contributed by atoms with van der Waals surface area (Å²) in [5.41, 5.74) is 1.92. The molecule has 1 heteroatoms. The second-order valence-corrected chi connectivity index (χ2v) is 7.81. The van der Waals surface area contributed by atoms with E-state index in [9.17, 15) is 0 Å². The van der Waals surface area contributed by atoms with Crippen LogP contribution < -0.4 is 0 Å². The Balaban J connectivity index is 2.02. The van der Waals surface area contributed by atoms with Crippen LogP contribution in [0.15, 0.2) is 0 Å². The summed E-state index contributed by atoms with van der Waals surface area (Å²) in [6.45, 7) is 14.1. The van der Waals surface area contributed by atoms with Crippen LogP contribution >= 0.6 is 0 Å². The number of piperidine rings is 3. The van der Waals surface area contributed by atoms with Gasteiger partial charge in [0.05, 0.1) is 0 Å². The van der Waals surface area contributed by atoms with Crippen molar-refractivity contribution in [2.45, 2.75) is 47.0 Å². The lowest BCUT2D eigenvalue weighted by Crippen LogP contribution is -2.67. The Morgan fingerprint density at radius 1 is 0.867 bits per heavy atom. The van der Waals surface area contributed by atoms with Gasteiger partial charge in [0.25, 0.3) is 0 Å². The van der Waals surface area contributed by atoms with Gasteiger partial charge in [-0.05, 0) is 41.4 Å². The summed E-state index contributed by atoms with van der Waals surface area (Å²) >= 11 is 0. The molecule has 3 aliphatic heterocycles. The molecule has 1 aliphatic carbocycles. The molecule has 4 rings (SSSR count). The van der Waals surface area contributed by atoms with Crippen molar-refractivity contribution in [1.29, 1.82) is 0 Å². The second kappa shape index (κ2) is 2.61. The summed E-state index contributed by atoms with van der Waals surface area (Å²) in [5.74, 6) is 0.861. The molecule has 4 aliphatic rings. The van der Waals surface area contributed by atoms with Crippen molar-refractivity contribution in [3.8, 4) is 0 Å². The summed E-state index contributed by atoms with van der Waals surface area (Å²) in [6.07, 6.45) is 4.46. The van der Waals surface area contributed by atoms with Crippen molar-refractivity contribution >= 4 is 0 Å².